The van der Waals surface area contributed by atoms with E-state index in [1.165, 1.54) is 23.9 Å². The average molecular weight is 633 g/mol. The Morgan fingerprint density at radius 1 is 1.19 bits per heavy atom. The molecule has 1 aliphatic heterocycles. The second-order valence-corrected chi connectivity index (χ2v) is 15.7. The van der Waals surface area contributed by atoms with Crippen molar-refractivity contribution in [3.8, 4) is 0 Å². The minimum Gasteiger partial charge on any atom is -0.396 e. The molecule has 3 heterocycles. The predicted octanol–water partition coefficient (Wildman–Crippen LogP) is 5.05. The van der Waals surface area contributed by atoms with E-state index >= 15 is 0 Å². The van der Waals surface area contributed by atoms with Gasteiger partial charge in [-0.25, -0.2) is 18.9 Å². The van der Waals surface area contributed by atoms with Gasteiger partial charge in [-0.05, 0) is 82.7 Å². The molecule has 9 nitrogen and oxygen atoms in total. The van der Waals surface area contributed by atoms with E-state index in [9.17, 15) is 14.1 Å². The fourth-order valence-corrected chi connectivity index (χ4v) is 7.54. The maximum absolute atomic E-state index is 13.9. The first kappa shape index (κ1) is 31.2. The monoisotopic (exact) mass is 632 g/mol. The molecule has 0 bridgehead atoms. The molecule has 1 saturated carbocycles. The molecule has 2 aromatic heterocycles. The number of ether oxygens (including phenoxy) is 2. The number of aliphatic hydroxyl groups excluding tert-OH is 1. The van der Waals surface area contributed by atoms with Crippen LogP contribution in [0, 0.1) is 5.92 Å². The topological polar surface area (TPSA) is 123 Å². The normalized spacial score (nSPS) is 25.5. The van der Waals surface area contributed by atoms with Gasteiger partial charge >= 0.3 is 0 Å². The largest absolute Gasteiger partial charge is 0.396 e. The lowest BCUT2D eigenvalue weighted by molar-refractivity contribution is -0.158. The predicted molar refractivity (Wildman–Crippen MR) is 165 cm³/mol. The number of nitrogens with one attached hydrogen (secondary N) is 2. The molecule has 3 N–H and O–H groups in total. The Hall–Kier alpha value is -2.25. The summed E-state index contributed by atoms with van der Waals surface area (Å²) in [5, 5.41) is 15.8. The lowest BCUT2D eigenvalue weighted by atomic mass is 9.87. The molecule has 2 aliphatic rings. The number of anilines is 1. The van der Waals surface area contributed by atoms with Gasteiger partial charge in [0.05, 0.1) is 43.9 Å². The van der Waals surface area contributed by atoms with Crippen molar-refractivity contribution in [2.24, 2.45) is 5.92 Å². The van der Waals surface area contributed by atoms with Gasteiger partial charge in [0.15, 0.2) is 5.79 Å². The Balaban J connectivity index is 1.44. The molecule has 0 amide bonds. The minimum atomic E-state index is -1.41. The third-order valence-corrected chi connectivity index (χ3v) is 10.6. The first-order valence-electron chi connectivity index (χ1n) is 13.8. The van der Waals surface area contributed by atoms with E-state index in [-0.39, 0.29) is 36.6 Å². The molecule has 1 aromatic carbocycles. The van der Waals surface area contributed by atoms with E-state index in [1.54, 1.807) is 6.07 Å². The van der Waals surface area contributed by atoms with Crippen LogP contribution < -0.4 is 10.0 Å². The van der Waals surface area contributed by atoms with Crippen molar-refractivity contribution in [2.75, 3.05) is 11.9 Å². The van der Waals surface area contributed by atoms with Crippen molar-refractivity contribution in [3.05, 3.63) is 74.8 Å². The zero-order chi connectivity index (χ0) is 30.4. The van der Waals surface area contributed by atoms with E-state index in [1.807, 2.05) is 71.2 Å². The van der Waals surface area contributed by atoms with Crippen LogP contribution in [-0.4, -0.2) is 60.5 Å². The number of fused-ring (bicyclic) bond motifs is 1. The Bertz CT molecular complexity index is 1490. The van der Waals surface area contributed by atoms with Gasteiger partial charge in [-0.3, -0.25) is 4.79 Å². The second-order valence-electron chi connectivity index (χ2n) is 12.4. The Kier molecular flexibility index (Phi) is 8.67. The van der Waals surface area contributed by atoms with Crippen LogP contribution in [0.2, 0.25) is 5.02 Å². The van der Waals surface area contributed by atoms with Gasteiger partial charge in [-0.2, -0.15) is 0 Å². The van der Waals surface area contributed by atoms with Crippen LogP contribution in [0.4, 0.5) is 5.82 Å². The first-order chi connectivity index (χ1) is 19.7. The number of ketones is 1. The Morgan fingerprint density at radius 2 is 1.93 bits per heavy atom. The van der Waals surface area contributed by atoms with Crippen molar-refractivity contribution in [1.82, 2.24) is 14.7 Å². The van der Waals surface area contributed by atoms with Crippen LogP contribution >= 0.6 is 22.9 Å². The minimum absolute atomic E-state index is 0.0221. The van der Waals surface area contributed by atoms with E-state index in [0.29, 0.717) is 27.7 Å². The van der Waals surface area contributed by atoms with Crippen LogP contribution in [0.3, 0.4) is 0 Å². The number of nitrogens with zero attached hydrogens (tertiary/aromatic N) is 2. The van der Waals surface area contributed by atoms with Crippen molar-refractivity contribution in [3.63, 3.8) is 0 Å². The smallest absolute Gasteiger partial charge is 0.208 e. The number of aromatic nitrogens is 2. The highest BCUT2D eigenvalue weighted by molar-refractivity contribution is 7.84. The highest BCUT2D eigenvalue weighted by Crippen LogP contribution is 2.43. The molecular formula is C30H37ClN4O5S2. The first-order valence-corrected chi connectivity index (χ1v) is 16.2. The quantitative estimate of drug-likeness (QED) is 0.280. The molecular weight excluding hydrogens is 596 g/mol. The number of carbonyl (C=O) groups excluding carboxylic acids is 1. The number of hydrogen-bond donors (Lipinski definition) is 3. The number of thiophene rings is 1. The number of aliphatic hydroxyl groups is 1. The fraction of sp³-hybridized carbons (Fsp3) is 0.500. The molecule has 6 atom stereocenters. The van der Waals surface area contributed by atoms with Gasteiger partial charge in [-0.1, -0.05) is 23.7 Å². The molecule has 0 spiro atoms. The van der Waals surface area contributed by atoms with Gasteiger partial charge < -0.3 is 19.9 Å². The van der Waals surface area contributed by atoms with Crippen LogP contribution in [-0.2, 0) is 26.0 Å². The summed E-state index contributed by atoms with van der Waals surface area (Å²) in [6.45, 7) is 11.3. The molecule has 2 unspecified atom stereocenters. The molecule has 12 heteroatoms. The van der Waals surface area contributed by atoms with E-state index in [4.69, 9.17) is 21.1 Å². The zero-order valence-electron chi connectivity index (χ0n) is 24.5. The molecule has 1 saturated heterocycles. The molecule has 5 rings (SSSR count). The third kappa shape index (κ3) is 6.19. The van der Waals surface area contributed by atoms with E-state index in [0.717, 1.165) is 11.1 Å². The van der Waals surface area contributed by atoms with Crippen molar-refractivity contribution < 1.29 is 23.6 Å². The zero-order valence-corrected chi connectivity index (χ0v) is 26.9. The van der Waals surface area contributed by atoms with E-state index < -0.39 is 27.1 Å². The van der Waals surface area contributed by atoms with Crippen LogP contribution in [0.5, 0.6) is 0 Å². The summed E-state index contributed by atoms with van der Waals surface area (Å²) in [4.78, 5) is 22.9. The maximum atomic E-state index is 13.9. The average Bonchev–Trinajstić information content (AvgIpc) is 3.62. The Labute approximate surface area is 258 Å². The third-order valence-electron chi connectivity index (χ3n) is 7.75. The van der Waals surface area contributed by atoms with Gasteiger partial charge in [0.2, 0.25) is 5.78 Å². The summed E-state index contributed by atoms with van der Waals surface area (Å²) in [6, 6.07) is 9.02. The van der Waals surface area contributed by atoms with Gasteiger partial charge in [0.1, 0.15) is 18.2 Å². The molecule has 0 radical (unpaired) electrons. The van der Waals surface area contributed by atoms with Crippen LogP contribution in [0.15, 0.2) is 48.2 Å². The summed E-state index contributed by atoms with van der Waals surface area (Å²) in [6.07, 6.45) is 2.96. The fourth-order valence-electron chi connectivity index (χ4n) is 5.47. The Morgan fingerprint density at radius 3 is 2.62 bits per heavy atom. The summed E-state index contributed by atoms with van der Waals surface area (Å²) in [7, 11) is -1.41. The van der Waals surface area contributed by atoms with Crippen LogP contribution in [0.1, 0.15) is 74.3 Å². The summed E-state index contributed by atoms with van der Waals surface area (Å²) in [5.74, 6) is -0.700. The second kappa shape index (κ2) is 11.7. The maximum Gasteiger partial charge on any atom is 0.208 e. The molecule has 226 valence electrons. The van der Waals surface area contributed by atoms with Gasteiger partial charge in [0.25, 0.3) is 0 Å². The van der Waals surface area contributed by atoms with E-state index in [2.05, 4.69) is 20.0 Å². The summed E-state index contributed by atoms with van der Waals surface area (Å²) < 4.78 is 28.3. The lowest BCUT2D eigenvalue weighted by Crippen LogP contribution is -2.46. The number of rotatable bonds is 9. The van der Waals surface area contributed by atoms with Crippen molar-refractivity contribution >= 4 is 45.5 Å². The van der Waals surface area contributed by atoms with Crippen LogP contribution in [0.25, 0.3) is 0 Å². The SMILES string of the molecule is CC1(C)O[C@@H]2[C@@H](CO)C[C@@H](Nc3ncncc3C(=O)c3cc(C(C)(NS(=O)C(C)(C)C)c4cccc(Cl)c4)cs3)[C@@H]2O1. The summed E-state index contributed by atoms with van der Waals surface area (Å²) in [5.41, 5.74) is 1.04. The molecule has 1 aliphatic carbocycles. The number of benzene rings is 1. The molecule has 42 heavy (non-hydrogen) atoms. The number of halogens is 1. The van der Waals surface area contributed by atoms with Crippen molar-refractivity contribution in [1.29, 1.82) is 0 Å². The standard InChI is InChI=1S/C30H37ClN4O5S2/c1-28(2,3)42(38)35-30(6,18-8-7-9-20(31)11-18)19-12-23(41-15-19)24(37)21-13-32-16-33-27(21)34-22-10-17(14-36)25-26(22)40-29(4,5)39-25/h7-9,11-13,15-17,22,25-26,35-36H,10,14H2,1-6H3,(H,32,33,34)/t17-,22-,25-,26+,30?,42?/m1/s1. The number of carbonyl (C=O) groups is 1. The van der Waals surface area contributed by atoms with Gasteiger partial charge in [-0.15, -0.1) is 11.3 Å². The highest BCUT2D eigenvalue weighted by Gasteiger charge is 2.54. The molecule has 2 fully saturated rings. The lowest BCUT2D eigenvalue weighted by Gasteiger charge is -2.33. The molecule has 3 aromatic rings. The number of hydrogen-bond acceptors (Lipinski definition) is 9. The van der Waals surface area contributed by atoms with Crippen molar-refractivity contribution in [2.45, 2.75) is 82.3 Å². The van der Waals surface area contributed by atoms with Gasteiger partial charge in [0, 0.05) is 23.7 Å². The summed E-state index contributed by atoms with van der Waals surface area (Å²) >= 11 is 7.65. The highest BCUT2D eigenvalue weighted by atomic mass is 35.5.